The quantitative estimate of drug-likeness (QED) is 0.653. The Labute approximate surface area is 149 Å². The Morgan fingerprint density at radius 3 is 2.68 bits per heavy atom. The third kappa shape index (κ3) is 3.61. The highest BCUT2D eigenvalue weighted by molar-refractivity contribution is 6.32. The number of benzene rings is 2. The van der Waals surface area contributed by atoms with Gasteiger partial charge in [0.15, 0.2) is 11.5 Å². The maximum atomic E-state index is 12.2. The van der Waals surface area contributed by atoms with Crippen molar-refractivity contribution < 1.29 is 23.7 Å². The Morgan fingerprint density at radius 2 is 1.92 bits per heavy atom. The number of amides is 1. The molecule has 0 saturated carbocycles. The number of hydrogen-bond donors (Lipinski definition) is 1. The summed E-state index contributed by atoms with van der Waals surface area (Å²) in [7, 11) is 3.03. The second kappa shape index (κ2) is 7.31. The van der Waals surface area contributed by atoms with Crippen LogP contribution < -0.4 is 24.4 Å². The van der Waals surface area contributed by atoms with Crippen molar-refractivity contribution in [3.05, 3.63) is 46.5 Å². The van der Waals surface area contributed by atoms with Gasteiger partial charge in [-0.05, 0) is 24.3 Å². The summed E-state index contributed by atoms with van der Waals surface area (Å²) in [6.07, 6.45) is 1.44. The van der Waals surface area contributed by atoms with Crippen LogP contribution >= 0.6 is 11.6 Å². The smallest absolute Gasteiger partial charge is 0.271 e. The summed E-state index contributed by atoms with van der Waals surface area (Å²) < 4.78 is 20.8. The first kappa shape index (κ1) is 16.9. The second-order valence-corrected chi connectivity index (χ2v) is 5.40. The van der Waals surface area contributed by atoms with Gasteiger partial charge < -0.3 is 18.9 Å². The Kier molecular flexibility index (Phi) is 4.95. The number of rotatable bonds is 5. The molecule has 0 radical (unpaired) electrons. The van der Waals surface area contributed by atoms with Gasteiger partial charge in [0.2, 0.25) is 6.79 Å². The molecule has 8 heteroatoms. The van der Waals surface area contributed by atoms with E-state index in [9.17, 15) is 4.79 Å². The standard InChI is InChI=1S/C17H15ClN2O5/c1-22-14-7-15(23-2)12(18)5-11(14)8-19-20-17(21)10-3-4-13-16(6-10)25-9-24-13/h3-8H,9H2,1-2H3,(H,20,21)/b19-8-. The minimum atomic E-state index is -0.381. The highest BCUT2D eigenvalue weighted by atomic mass is 35.5. The summed E-state index contributed by atoms with van der Waals surface area (Å²) >= 11 is 6.09. The van der Waals surface area contributed by atoms with E-state index in [0.29, 0.717) is 39.1 Å². The molecule has 0 saturated heterocycles. The fourth-order valence-corrected chi connectivity index (χ4v) is 2.50. The number of halogens is 1. The van der Waals surface area contributed by atoms with Gasteiger partial charge in [-0.15, -0.1) is 0 Å². The normalized spacial score (nSPS) is 12.3. The third-order valence-corrected chi connectivity index (χ3v) is 3.80. The molecule has 1 aliphatic heterocycles. The van der Waals surface area contributed by atoms with Crippen LogP contribution in [0.1, 0.15) is 15.9 Å². The molecule has 1 heterocycles. The van der Waals surface area contributed by atoms with Gasteiger partial charge in [0, 0.05) is 17.2 Å². The molecule has 0 aliphatic carbocycles. The maximum Gasteiger partial charge on any atom is 0.271 e. The van der Waals surface area contributed by atoms with E-state index in [4.69, 9.17) is 30.5 Å². The van der Waals surface area contributed by atoms with Crippen LogP contribution in [0.3, 0.4) is 0 Å². The average Bonchev–Trinajstić information content (AvgIpc) is 3.09. The van der Waals surface area contributed by atoms with Crippen LogP contribution in [0.25, 0.3) is 0 Å². The van der Waals surface area contributed by atoms with Crippen molar-refractivity contribution in [2.75, 3.05) is 21.0 Å². The minimum Gasteiger partial charge on any atom is -0.496 e. The van der Waals surface area contributed by atoms with Gasteiger partial charge in [0.05, 0.1) is 25.5 Å². The van der Waals surface area contributed by atoms with Crippen molar-refractivity contribution in [1.82, 2.24) is 5.43 Å². The predicted molar refractivity (Wildman–Crippen MR) is 92.2 cm³/mol. The SMILES string of the molecule is COc1cc(OC)c(/C=N\NC(=O)c2ccc3c(c2)OCO3)cc1Cl. The first-order valence-electron chi connectivity index (χ1n) is 7.27. The maximum absolute atomic E-state index is 12.2. The zero-order valence-corrected chi connectivity index (χ0v) is 14.3. The Morgan fingerprint density at radius 1 is 1.16 bits per heavy atom. The van der Waals surface area contributed by atoms with Crippen molar-refractivity contribution in [3.8, 4) is 23.0 Å². The largest absolute Gasteiger partial charge is 0.496 e. The molecule has 0 atom stereocenters. The summed E-state index contributed by atoms with van der Waals surface area (Å²) in [5, 5.41) is 4.35. The second-order valence-electron chi connectivity index (χ2n) is 5.00. The van der Waals surface area contributed by atoms with E-state index < -0.39 is 0 Å². The highest BCUT2D eigenvalue weighted by Gasteiger charge is 2.16. The molecule has 1 aliphatic rings. The topological polar surface area (TPSA) is 78.4 Å². The first-order chi connectivity index (χ1) is 12.1. The Hall–Kier alpha value is -2.93. The van der Waals surface area contributed by atoms with Crippen molar-refractivity contribution in [3.63, 3.8) is 0 Å². The van der Waals surface area contributed by atoms with Crippen molar-refractivity contribution in [2.45, 2.75) is 0 Å². The van der Waals surface area contributed by atoms with Crippen LogP contribution in [0.5, 0.6) is 23.0 Å². The van der Waals surface area contributed by atoms with Gasteiger partial charge >= 0.3 is 0 Å². The van der Waals surface area contributed by atoms with E-state index in [2.05, 4.69) is 10.5 Å². The van der Waals surface area contributed by atoms with Gasteiger partial charge in [-0.3, -0.25) is 4.79 Å². The average molecular weight is 363 g/mol. The number of carbonyl (C=O) groups excluding carboxylic acids is 1. The number of hydrogen-bond acceptors (Lipinski definition) is 6. The molecule has 0 unspecified atom stereocenters. The fraction of sp³-hybridized carbons (Fsp3) is 0.176. The van der Waals surface area contributed by atoms with E-state index in [1.807, 2.05) is 0 Å². The third-order valence-electron chi connectivity index (χ3n) is 3.51. The molecule has 2 aromatic rings. The summed E-state index contributed by atoms with van der Waals surface area (Å²) in [5.41, 5.74) is 3.44. The van der Waals surface area contributed by atoms with E-state index in [1.165, 1.54) is 20.4 Å². The summed E-state index contributed by atoms with van der Waals surface area (Å²) in [6.45, 7) is 0.149. The first-order valence-corrected chi connectivity index (χ1v) is 7.64. The number of nitrogens with one attached hydrogen (secondary N) is 1. The lowest BCUT2D eigenvalue weighted by atomic mass is 10.2. The number of fused-ring (bicyclic) bond motifs is 1. The van der Waals surface area contributed by atoms with E-state index >= 15 is 0 Å². The predicted octanol–water partition coefficient (Wildman–Crippen LogP) is 2.85. The minimum absolute atomic E-state index is 0.149. The van der Waals surface area contributed by atoms with Crippen molar-refractivity contribution >= 4 is 23.7 Å². The molecule has 1 amide bonds. The summed E-state index contributed by atoms with van der Waals surface area (Å²) in [4.78, 5) is 12.2. The highest BCUT2D eigenvalue weighted by Crippen LogP contribution is 2.33. The van der Waals surface area contributed by atoms with E-state index in [-0.39, 0.29) is 12.7 Å². The van der Waals surface area contributed by atoms with Gasteiger partial charge in [0.1, 0.15) is 11.5 Å². The lowest BCUT2D eigenvalue weighted by molar-refractivity contribution is 0.0954. The van der Waals surface area contributed by atoms with Gasteiger partial charge in [-0.1, -0.05) is 11.6 Å². The number of methoxy groups -OCH3 is 2. The number of carbonyl (C=O) groups is 1. The van der Waals surface area contributed by atoms with Gasteiger partial charge in [-0.2, -0.15) is 5.10 Å². The summed E-state index contributed by atoms with van der Waals surface area (Å²) in [5.74, 6) is 1.76. The molecule has 2 aromatic carbocycles. The van der Waals surface area contributed by atoms with Crippen LogP contribution in [0.15, 0.2) is 35.4 Å². The Bertz CT molecular complexity index is 838. The molecule has 25 heavy (non-hydrogen) atoms. The van der Waals surface area contributed by atoms with E-state index in [0.717, 1.165) is 0 Å². The Balaban J connectivity index is 1.72. The van der Waals surface area contributed by atoms with Crippen LogP contribution in [-0.2, 0) is 0 Å². The molecular weight excluding hydrogens is 348 g/mol. The van der Waals surface area contributed by atoms with E-state index in [1.54, 1.807) is 30.3 Å². The zero-order valence-electron chi connectivity index (χ0n) is 13.5. The number of nitrogens with zero attached hydrogens (tertiary/aromatic N) is 1. The molecule has 0 fully saturated rings. The monoisotopic (exact) mass is 362 g/mol. The zero-order chi connectivity index (χ0) is 17.8. The molecule has 3 rings (SSSR count). The molecule has 0 aromatic heterocycles. The lowest BCUT2D eigenvalue weighted by Gasteiger charge is -2.09. The molecule has 1 N–H and O–H groups in total. The van der Waals surface area contributed by atoms with Gasteiger partial charge in [0.25, 0.3) is 5.91 Å². The fourth-order valence-electron chi connectivity index (χ4n) is 2.25. The molecular formula is C17H15ClN2O5. The molecule has 0 spiro atoms. The van der Waals surface area contributed by atoms with Crippen LogP contribution in [0.4, 0.5) is 0 Å². The number of hydrazone groups is 1. The molecule has 0 bridgehead atoms. The van der Waals surface area contributed by atoms with Crippen LogP contribution in [-0.4, -0.2) is 33.1 Å². The van der Waals surface area contributed by atoms with Crippen molar-refractivity contribution in [2.24, 2.45) is 5.10 Å². The molecule has 130 valence electrons. The van der Waals surface area contributed by atoms with Crippen LogP contribution in [0.2, 0.25) is 5.02 Å². The van der Waals surface area contributed by atoms with Crippen LogP contribution in [0, 0.1) is 0 Å². The summed E-state index contributed by atoms with van der Waals surface area (Å²) in [6, 6.07) is 8.17. The van der Waals surface area contributed by atoms with Crippen molar-refractivity contribution in [1.29, 1.82) is 0 Å². The lowest BCUT2D eigenvalue weighted by Crippen LogP contribution is -2.17. The molecule has 7 nitrogen and oxygen atoms in total. The van der Waals surface area contributed by atoms with Gasteiger partial charge in [-0.25, -0.2) is 5.43 Å². The number of ether oxygens (including phenoxy) is 4.